The van der Waals surface area contributed by atoms with Gasteiger partial charge in [-0.1, -0.05) is 5.92 Å². The molecule has 0 bridgehead atoms. The zero-order chi connectivity index (χ0) is 11.7. The van der Waals surface area contributed by atoms with Crippen molar-refractivity contribution in [1.82, 2.24) is 5.32 Å². The van der Waals surface area contributed by atoms with Crippen molar-refractivity contribution in [3.63, 3.8) is 0 Å². The van der Waals surface area contributed by atoms with Crippen molar-refractivity contribution in [2.24, 2.45) is 5.73 Å². The lowest BCUT2D eigenvalue weighted by Gasteiger charge is -2.39. The molecule has 1 aliphatic heterocycles. The number of nitrogens with one attached hydrogen (secondary N) is 1. The van der Waals surface area contributed by atoms with Gasteiger partial charge in [-0.25, -0.2) is 0 Å². The van der Waals surface area contributed by atoms with Gasteiger partial charge in [0.15, 0.2) is 0 Å². The molecule has 0 radical (unpaired) electrons. The number of hydrogen-bond donors (Lipinski definition) is 2. The topological polar surface area (TPSA) is 47.3 Å². The van der Waals surface area contributed by atoms with Crippen LogP contribution in [0.2, 0.25) is 0 Å². The van der Waals surface area contributed by atoms with Crippen LogP contribution in [0.25, 0.3) is 0 Å². The Hall–Kier alpha value is -0.560. The SMILES string of the molecule is C#CCNC1(CN)CC(C)(C)OC1(C)C. The summed E-state index contributed by atoms with van der Waals surface area (Å²) < 4.78 is 6.03. The zero-order valence-corrected chi connectivity index (χ0v) is 10.2. The Kier molecular flexibility index (Phi) is 3.16. The lowest BCUT2D eigenvalue weighted by Crippen LogP contribution is -2.61. The van der Waals surface area contributed by atoms with E-state index in [2.05, 4.69) is 38.9 Å². The largest absolute Gasteiger partial charge is 0.368 e. The summed E-state index contributed by atoms with van der Waals surface area (Å²) in [4.78, 5) is 0. The van der Waals surface area contributed by atoms with Gasteiger partial charge in [-0.3, -0.25) is 5.32 Å². The minimum atomic E-state index is -0.290. The Labute approximate surface area is 92.8 Å². The van der Waals surface area contributed by atoms with Gasteiger partial charge >= 0.3 is 0 Å². The highest BCUT2D eigenvalue weighted by atomic mass is 16.5. The predicted octanol–water partition coefficient (Wildman–Crippen LogP) is 0.884. The molecule has 3 heteroatoms. The monoisotopic (exact) mass is 210 g/mol. The molecular formula is C12H22N2O. The number of terminal acetylenes is 1. The average molecular weight is 210 g/mol. The molecule has 1 saturated heterocycles. The minimum Gasteiger partial charge on any atom is -0.368 e. The Morgan fingerprint density at radius 2 is 2.00 bits per heavy atom. The molecule has 3 nitrogen and oxygen atoms in total. The van der Waals surface area contributed by atoms with E-state index in [-0.39, 0.29) is 16.7 Å². The highest BCUT2D eigenvalue weighted by molar-refractivity contribution is 5.13. The van der Waals surface area contributed by atoms with Gasteiger partial charge < -0.3 is 10.5 Å². The summed E-state index contributed by atoms with van der Waals surface area (Å²) in [7, 11) is 0. The fraction of sp³-hybridized carbons (Fsp3) is 0.833. The number of ether oxygens (including phenoxy) is 1. The normalized spacial score (nSPS) is 32.5. The summed E-state index contributed by atoms with van der Waals surface area (Å²) in [6.07, 6.45) is 6.16. The van der Waals surface area contributed by atoms with Crippen LogP contribution in [-0.2, 0) is 4.74 Å². The van der Waals surface area contributed by atoms with Crippen LogP contribution in [-0.4, -0.2) is 29.8 Å². The van der Waals surface area contributed by atoms with Gasteiger partial charge in [-0.2, -0.15) is 0 Å². The first kappa shape index (κ1) is 12.5. The molecule has 0 saturated carbocycles. The molecule has 0 aromatic carbocycles. The first-order chi connectivity index (χ1) is 6.79. The lowest BCUT2D eigenvalue weighted by atomic mass is 9.79. The number of hydrogen-bond acceptors (Lipinski definition) is 3. The molecule has 1 heterocycles. The van der Waals surface area contributed by atoms with E-state index in [0.717, 1.165) is 6.42 Å². The van der Waals surface area contributed by atoms with Gasteiger partial charge in [0.05, 0.1) is 23.3 Å². The first-order valence-electron chi connectivity index (χ1n) is 5.37. The van der Waals surface area contributed by atoms with E-state index < -0.39 is 0 Å². The molecule has 1 aliphatic rings. The van der Waals surface area contributed by atoms with Gasteiger partial charge in [0.2, 0.25) is 0 Å². The summed E-state index contributed by atoms with van der Waals surface area (Å²) in [6.45, 7) is 9.37. The third-order valence-electron chi connectivity index (χ3n) is 3.29. The van der Waals surface area contributed by atoms with Crippen LogP contribution in [0.4, 0.5) is 0 Å². The van der Waals surface area contributed by atoms with Crippen LogP contribution in [0.5, 0.6) is 0 Å². The third-order valence-corrected chi connectivity index (χ3v) is 3.29. The first-order valence-corrected chi connectivity index (χ1v) is 5.37. The summed E-state index contributed by atoms with van der Waals surface area (Å²) in [5.41, 5.74) is 5.24. The van der Waals surface area contributed by atoms with Gasteiger partial charge in [0, 0.05) is 6.54 Å². The van der Waals surface area contributed by atoms with E-state index in [1.54, 1.807) is 0 Å². The minimum absolute atomic E-state index is 0.148. The molecule has 0 aliphatic carbocycles. The molecule has 1 unspecified atom stereocenters. The van der Waals surface area contributed by atoms with E-state index >= 15 is 0 Å². The Balaban J connectivity index is 2.93. The maximum absolute atomic E-state index is 6.03. The van der Waals surface area contributed by atoms with Crippen LogP contribution >= 0.6 is 0 Å². The molecule has 0 amide bonds. The maximum Gasteiger partial charge on any atom is 0.0828 e. The molecule has 1 atom stereocenters. The second kappa shape index (κ2) is 3.79. The molecule has 0 aromatic heterocycles. The highest BCUT2D eigenvalue weighted by Gasteiger charge is 2.56. The van der Waals surface area contributed by atoms with Crippen molar-refractivity contribution in [2.45, 2.75) is 50.9 Å². The van der Waals surface area contributed by atoms with E-state index in [1.165, 1.54) is 0 Å². The van der Waals surface area contributed by atoms with Crippen molar-refractivity contribution in [3.05, 3.63) is 0 Å². The predicted molar refractivity (Wildman–Crippen MR) is 62.5 cm³/mol. The van der Waals surface area contributed by atoms with Crippen LogP contribution in [0.3, 0.4) is 0 Å². The Bertz CT molecular complexity index is 278. The van der Waals surface area contributed by atoms with E-state index in [1.807, 2.05) is 0 Å². The lowest BCUT2D eigenvalue weighted by molar-refractivity contribution is -0.0815. The average Bonchev–Trinajstić information content (AvgIpc) is 2.28. The van der Waals surface area contributed by atoms with Gasteiger partial charge in [-0.05, 0) is 34.1 Å². The van der Waals surface area contributed by atoms with Crippen LogP contribution in [0.1, 0.15) is 34.1 Å². The fourth-order valence-corrected chi connectivity index (χ4v) is 2.65. The summed E-state index contributed by atoms with van der Waals surface area (Å²) in [5.74, 6) is 2.60. The van der Waals surface area contributed by atoms with Crippen molar-refractivity contribution < 1.29 is 4.74 Å². The van der Waals surface area contributed by atoms with Crippen molar-refractivity contribution in [2.75, 3.05) is 13.1 Å². The van der Waals surface area contributed by atoms with Crippen molar-refractivity contribution >= 4 is 0 Å². The second-order valence-electron chi connectivity index (χ2n) is 5.39. The highest BCUT2D eigenvalue weighted by Crippen LogP contribution is 2.44. The standard InChI is InChI=1S/C12H22N2O/c1-6-7-14-12(9-13)8-10(2,3)15-11(12,4)5/h1,14H,7-9,13H2,2-5H3. The summed E-state index contributed by atoms with van der Waals surface area (Å²) in [5, 5.41) is 3.35. The molecule has 86 valence electrons. The number of nitrogens with two attached hydrogens (primary N) is 1. The third kappa shape index (κ3) is 2.17. The molecule has 3 N–H and O–H groups in total. The van der Waals surface area contributed by atoms with Crippen molar-refractivity contribution in [1.29, 1.82) is 0 Å². The van der Waals surface area contributed by atoms with Crippen LogP contribution in [0, 0.1) is 12.3 Å². The Morgan fingerprint density at radius 3 is 2.33 bits per heavy atom. The molecular weight excluding hydrogens is 188 g/mol. The van der Waals surface area contributed by atoms with Crippen LogP contribution < -0.4 is 11.1 Å². The summed E-state index contributed by atoms with van der Waals surface area (Å²) >= 11 is 0. The molecule has 0 spiro atoms. The molecule has 1 rings (SSSR count). The maximum atomic E-state index is 6.03. The molecule has 1 fully saturated rings. The van der Waals surface area contributed by atoms with Crippen molar-refractivity contribution in [3.8, 4) is 12.3 Å². The van der Waals surface area contributed by atoms with Gasteiger partial charge in [0.25, 0.3) is 0 Å². The Morgan fingerprint density at radius 1 is 1.40 bits per heavy atom. The van der Waals surface area contributed by atoms with E-state index in [0.29, 0.717) is 13.1 Å². The van der Waals surface area contributed by atoms with E-state index in [4.69, 9.17) is 16.9 Å². The fourth-order valence-electron chi connectivity index (χ4n) is 2.65. The number of rotatable bonds is 3. The van der Waals surface area contributed by atoms with Gasteiger partial charge in [-0.15, -0.1) is 6.42 Å². The molecule has 0 aromatic rings. The van der Waals surface area contributed by atoms with E-state index in [9.17, 15) is 0 Å². The quantitative estimate of drug-likeness (QED) is 0.680. The second-order valence-corrected chi connectivity index (χ2v) is 5.39. The van der Waals surface area contributed by atoms with Crippen LogP contribution in [0.15, 0.2) is 0 Å². The zero-order valence-electron chi connectivity index (χ0n) is 10.2. The summed E-state index contributed by atoms with van der Waals surface area (Å²) in [6, 6.07) is 0. The van der Waals surface area contributed by atoms with Gasteiger partial charge in [0.1, 0.15) is 0 Å². The molecule has 15 heavy (non-hydrogen) atoms. The smallest absolute Gasteiger partial charge is 0.0828 e.